The zero-order valence-corrected chi connectivity index (χ0v) is 11.7. The van der Waals surface area contributed by atoms with E-state index in [1.807, 2.05) is 0 Å². The molecule has 2 heterocycles. The Kier molecular flexibility index (Phi) is 3.38. The van der Waals surface area contributed by atoms with Gasteiger partial charge in [-0.1, -0.05) is 30.3 Å². The highest BCUT2D eigenvalue weighted by Crippen LogP contribution is 2.29. The highest BCUT2D eigenvalue weighted by molar-refractivity contribution is 5.68. The molecule has 19 heavy (non-hydrogen) atoms. The van der Waals surface area contributed by atoms with E-state index in [1.54, 1.807) is 0 Å². The van der Waals surface area contributed by atoms with E-state index in [0.29, 0.717) is 6.04 Å². The van der Waals surface area contributed by atoms with Crippen molar-refractivity contribution in [2.75, 3.05) is 13.1 Å². The predicted octanol–water partition coefficient (Wildman–Crippen LogP) is 3.09. The Balaban J connectivity index is 2.00. The second-order valence-electron chi connectivity index (χ2n) is 5.36. The molecule has 1 fully saturated rings. The summed E-state index contributed by atoms with van der Waals surface area (Å²) in [5, 5.41) is 8.26. The summed E-state index contributed by atoms with van der Waals surface area (Å²) in [6.45, 7) is 6.48. The van der Waals surface area contributed by atoms with Gasteiger partial charge in [0.1, 0.15) is 0 Å². The molecular weight excluding hydrogens is 234 g/mol. The molecule has 0 amide bonds. The van der Waals surface area contributed by atoms with Crippen LogP contribution in [0.25, 0.3) is 11.1 Å². The van der Waals surface area contributed by atoms with Crippen LogP contribution in [0.4, 0.5) is 0 Å². The summed E-state index contributed by atoms with van der Waals surface area (Å²) in [7, 11) is 0. The number of hydrogen-bond acceptors (Lipinski definition) is 2. The SMILES string of the molecule is Cc1nn(C2CCCNC2)c(C)c1-c1ccccc1. The molecule has 1 atom stereocenters. The van der Waals surface area contributed by atoms with Gasteiger partial charge in [0, 0.05) is 17.8 Å². The van der Waals surface area contributed by atoms with E-state index in [1.165, 1.54) is 29.7 Å². The van der Waals surface area contributed by atoms with Gasteiger partial charge in [-0.15, -0.1) is 0 Å². The van der Waals surface area contributed by atoms with Crippen molar-refractivity contribution in [2.45, 2.75) is 32.7 Å². The summed E-state index contributed by atoms with van der Waals surface area (Å²) in [4.78, 5) is 0. The molecule has 1 unspecified atom stereocenters. The summed E-state index contributed by atoms with van der Waals surface area (Å²) >= 11 is 0. The minimum Gasteiger partial charge on any atom is -0.315 e. The van der Waals surface area contributed by atoms with Gasteiger partial charge in [0.25, 0.3) is 0 Å². The van der Waals surface area contributed by atoms with Crippen molar-refractivity contribution < 1.29 is 0 Å². The Morgan fingerprint density at radius 3 is 2.68 bits per heavy atom. The van der Waals surface area contributed by atoms with E-state index in [-0.39, 0.29) is 0 Å². The fourth-order valence-corrected chi connectivity index (χ4v) is 3.08. The smallest absolute Gasteiger partial charge is 0.0675 e. The molecule has 3 rings (SSSR count). The van der Waals surface area contributed by atoms with Crippen molar-refractivity contribution in [2.24, 2.45) is 0 Å². The summed E-state index contributed by atoms with van der Waals surface area (Å²) < 4.78 is 2.23. The van der Waals surface area contributed by atoms with Crippen LogP contribution in [-0.4, -0.2) is 22.9 Å². The molecule has 0 spiro atoms. The maximum atomic E-state index is 4.79. The van der Waals surface area contributed by atoms with E-state index in [0.717, 1.165) is 18.8 Å². The van der Waals surface area contributed by atoms with Gasteiger partial charge < -0.3 is 5.32 Å². The van der Waals surface area contributed by atoms with Crippen LogP contribution in [0.2, 0.25) is 0 Å². The molecule has 0 saturated carbocycles. The molecule has 0 radical (unpaired) electrons. The van der Waals surface area contributed by atoms with Crippen LogP contribution in [0, 0.1) is 13.8 Å². The lowest BCUT2D eigenvalue weighted by atomic mass is 10.0. The number of piperidine rings is 1. The first-order valence-corrected chi connectivity index (χ1v) is 7.09. The molecule has 3 heteroatoms. The fourth-order valence-electron chi connectivity index (χ4n) is 3.08. The lowest BCUT2D eigenvalue weighted by Gasteiger charge is -2.24. The minimum atomic E-state index is 0.505. The van der Waals surface area contributed by atoms with Gasteiger partial charge in [-0.3, -0.25) is 4.68 Å². The Morgan fingerprint density at radius 1 is 1.21 bits per heavy atom. The Labute approximate surface area is 114 Å². The van der Waals surface area contributed by atoms with Crippen LogP contribution in [0.15, 0.2) is 30.3 Å². The van der Waals surface area contributed by atoms with E-state index in [4.69, 9.17) is 5.10 Å². The molecule has 1 N–H and O–H groups in total. The molecule has 1 aromatic carbocycles. The summed E-state index contributed by atoms with van der Waals surface area (Å²) in [5.74, 6) is 0. The molecule has 1 aliphatic rings. The van der Waals surface area contributed by atoms with E-state index < -0.39 is 0 Å². The lowest BCUT2D eigenvalue weighted by molar-refractivity contribution is 0.341. The first-order valence-electron chi connectivity index (χ1n) is 7.09. The van der Waals surface area contributed by atoms with E-state index >= 15 is 0 Å². The maximum absolute atomic E-state index is 4.79. The zero-order chi connectivity index (χ0) is 13.2. The average Bonchev–Trinajstić information content (AvgIpc) is 2.76. The molecular formula is C16H21N3. The topological polar surface area (TPSA) is 29.9 Å². The van der Waals surface area contributed by atoms with Gasteiger partial charge in [0.2, 0.25) is 0 Å². The number of rotatable bonds is 2. The quantitative estimate of drug-likeness (QED) is 0.893. The maximum Gasteiger partial charge on any atom is 0.0675 e. The molecule has 0 bridgehead atoms. The number of hydrogen-bond donors (Lipinski definition) is 1. The van der Waals surface area contributed by atoms with Gasteiger partial charge in [-0.25, -0.2) is 0 Å². The molecule has 1 saturated heterocycles. The van der Waals surface area contributed by atoms with Gasteiger partial charge >= 0.3 is 0 Å². The third-order valence-electron chi connectivity index (χ3n) is 4.00. The van der Waals surface area contributed by atoms with E-state index in [2.05, 4.69) is 54.2 Å². The van der Waals surface area contributed by atoms with Crippen molar-refractivity contribution >= 4 is 0 Å². The van der Waals surface area contributed by atoms with E-state index in [9.17, 15) is 0 Å². The fraction of sp³-hybridized carbons (Fsp3) is 0.438. The Hall–Kier alpha value is -1.61. The first-order chi connectivity index (χ1) is 9.27. The molecule has 100 valence electrons. The molecule has 2 aromatic rings. The number of aryl methyl sites for hydroxylation is 1. The average molecular weight is 255 g/mol. The Bertz CT molecular complexity index is 551. The van der Waals surface area contributed by atoms with Crippen molar-refractivity contribution in [3.8, 4) is 11.1 Å². The number of benzene rings is 1. The minimum absolute atomic E-state index is 0.505. The standard InChI is InChI=1S/C16H21N3/c1-12-16(14-7-4-3-5-8-14)13(2)19(18-12)15-9-6-10-17-11-15/h3-5,7-8,15,17H,6,9-11H2,1-2H3. The molecule has 1 aromatic heterocycles. The normalized spacial score (nSPS) is 19.6. The van der Waals surface area contributed by atoms with Gasteiger partial charge in [-0.2, -0.15) is 5.10 Å². The molecule has 1 aliphatic heterocycles. The molecule has 3 nitrogen and oxygen atoms in total. The first kappa shape index (κ1) is 12.4. The number of nitrogens with zero attached hydrogens (tertiary/aromatic N) is 2. The highest BCUT2D eigenvalue weighted by Gasteiger charge is 2.21. The van der Waals surface area contributed by atoms with Crippen LogP contribution >= 0.6 is 0 Å². The van der Waals surface area contributed by atoms with Gasteiger partial charge in [0.15, 0.2) is 0 Å². The van der Waals surface area contributed by atoms with Crippen molar-refractivity contribution in [3.63, 3.8) is 0 Å². The summed E-state index contributed by atoms with van der Waals surface area (Å²) in [5.41, 5.74) is 4.99. The number of nitrogens with one attached hydrogen (secondary N) is 1. The van der Waals surface area contributed by atoms with Crippen molar-refractivity contribution in [3.05, 3.63) is 41.7 Å². The monoisotopic (exact) mass is 255 g/mol. The second kappa shape index (κ2) is 5.17. The van der Waals surface area contributed by atoms with Crippen molar-refractivity contribution in [1.82, 2.24) is 15.1 Å². The van der Waals surface area contributed by atoms with Crippen LogP contribution < -0.4 is 5.32 Å². The third kappa shape index (κ3) is 2.30. The zero-order valence-electron chi connectivity index (χ0n) is 11.7. The second-order valence-corrected chi connectivity index (χ2v) is 5.36. The third-order valence-corrected chi connectivity index (χ3v) is 4.00. The van der Waals surface area contributed by atoms with Gasteiger partial charge in [0.05, 0.1) is 11.7 Å². The summed E-state index contributed by atoms with van der Waals surface area (Å²) in [6.07, 6.45) is 2.47. The summed E-state index contributed by atoms with van der Waals surface area (Å²) in [6, 6.07) is 11.1. The van der Waals surface area contributed by atoms with Crippen LogP contribution in [-0.2, 0) is 0 Å². The largest absolute Gasteiger partial charge is 0.315 e. The highest BCUT2D eigenvalue weighted by atomic mass is 15.3. The lowest BCUT2D eigenvalue weighted by Crippen LogP contribution is -2.32. The van der Waals surface area contributed by atoms with Crippen molar-refractivity contribution in [1.29, 1.82) is 0 Å². The van der Waals surface area contributed by atoms with Crippen LogP contribution in [0.3, 0.4) is 0 Å². The van der Waals surface area contributed by atoms with Crippen LogP contribution in [0.1, 0.15) is 30.3 Å². The van der Waals surface area contributed by atoms with Crippen LogP contribution in [0.5, 0.6) is 0 Å². The molecule has 0 aliphatic carbocycles. The number of aromatic nitrogens is 2. The Morgan fingerprint density at radius 2 is 2.00 bits per heavy atom. The van der Waals surface area contributed by atoms with Gasteiger partial charge in [-0.05, 0) is 38.8 Å². The predicted molar refractivity (Wildman–Crippen MR) is 78.3 cm³/mol.